The van der Waals surface area contributed by atoms with Crippen molar-refractivity contribution in [1.82, 2.24) is 14.7 Å². The molecule has 2 atom stereocenters. The maximum Gasteiger partial charge on any atom is 0.483 e. The quantitative estimate of drug-likeness (QED) is 0.772. The topological polar surface area (TPSA) is 70.8 Å². The van der Waals surface area contributed by atoms with E-state index >= 15 is 0 Å². The first-order valence-electron chi connectivity index (χ1n) is 7.52. The van der Waals surface area contributed by atoms with Gasteiger partial charge in [0, 0.05) is 45.4 Å². The van der Waals surface area contributed by atoms with Crippen molar-refractivity contribution in [1.29, 1.82) is 0 Å². The van der Waals surface area contributed by atoms with E-state index in [9.17, 15) is 10.0 Å². The van der Waals surface area contributed by atoms with E-state index in [-0.39, 0.29) is 6.10 Å². The minimum absolute atomic E-state index is 0.117. The van der Waals surface area contributed by atoms with Crippen LogP contribution in [0.15, 0.2) is 23.8 Å². The van der Waals surface area contributed by atoms with E-state index in [0.717, 1.165) is 50.2 Å². The minimum atomic E-state index is -1.30. The zero-order chi connectivity index (χ0) is 14.8. The molecule has 2 aliphatic heterocycles. The highest BCUT2D eigenvalue weighted by atomic mass is 16.5. The van der Waals surface area contributed by atoms with Crippen molar-refractivity contribution < 1.29 is 14.8 Å². The molecule has 0 unspecified atom stereocenters. The standard InChI is InChI=1S/C14H22BN3O3/c1-17-13(2-6-16-17)14-11(5-9-21-14)10-18-7-3-12(4-8-18)15(19)20/h2-3,6,11,14,19-20H,4-5,7-10H2,1H3/t11-,14+/m0/s1. The fourth-order valence-corrected chi connectivity index (χ4v) is 3.27. The molecule has 1 fully saturated rings. The number of ether oxygens (including phenoxy) is 1. The number of rotatable bonds is 4. The molecule has 0 aliphatic carbocycles. The number of nitrogens with zero attached hydrogens (tertiary/aromatic N) is 3. The third-order valence-corrected chi connectivity index (χ3v) is 4.52. The van der Waals surface area contributed by atoms with E-state index in [1.165, 1.54) is 0 Å². The molecule has 0 saturated carbocycles. The summed E-state index contributed by atoms with van der Waals surface area (Å²) >= 11 is 0. The van der Waals surface area contributed by atoms with Gasteiger partial charge in [0.15, 0.2) is 0 Å². The Kier molecular flexibility index (Phi) is 4.44. The molecular weight excluding hydrogens is 269 g/mol. The summed E-state index contributed by atoms with van der Waals surface area (Å²) in [6, 6.07) is 2.03. The average molecular weight is 291 g/mol. The SMILES string of the molecule is Cn1nccc1[C@@H]1OCC[C@H]1CN1CC=C(B(O)O)CC1. The molecule has 114 valence electrons. The highest BCUT2D eigenvalue weighted by molar-refractivity contribution is 6.50. The van der Waals surface area contributed by atoms with Crippen LogP contribution in [0, 0.1) is 5.92 Å². The third-order valence-electron chi connectivity index (χ3n) is 4.52. The van der Waals surface area contributed by atoms with Gasteiger partial charge in [-0.3, -0.25) is 9.58 Å². The predicted molar refractivity (Wildman–Crippen MR) is 79.3 cm³/mol. The molecule has 1 aromatic rings. The van der Waals surface area contributed by atoms with E-state index in [0.29, 0.717) is 5.92 Å². The van der Waals surface area contributed by atoms with Crippen LogP contribution in [-0.4, -0.2) is 58.1 Å². The van der Waals surface area contributed by atoms with Gasteiger partial charge in [-0.25, -0.2) is 0 Å². The monoisotopic (exact) mass is 291 g/mol. The van der Waals surface area contributed by atoms with Gasteiger partial charge >= 0.3 is 7.12 Å². The van der Waals surface area contributed by atoms with Crippen LogP contribution in [0.1, 0.15) is 24.6 Å². The molecule has 0 amide bonds. The first-order valence-corrected chi connectivity index (χ1v) is 7.52. The Labute approximate surface area is 125 Å². The van der Waals surface area contributed by atoms with E-state index in [1.807, 2.05) is 30.1 Å². The molecule has 7 heteroatoms. The van der Waals surface area contributed by atoms with Gasteiger partial charge in [0.2, 0.25) is 0 Å². The Bertz CT molecular complexity index is 517. The minimum Gasteiger partial charge on any atom is -0.423 e. The van der Waals surface area contributed by atoms with Crippen LogP contribution < -0.4 is 0 Å². The van der Waals surface area contributed by atoms with E-state index in [1.54, 1.807) is 0 Å². The lowest BCUT2D eigenvalue weighted by molar-refractivity contribution is 0.0730. The van der Waals surface area contributed by atoms with E-state index in [2.05, 4.69) is 10.00 Å². The maximum atomic E-state index is 9.18. The largest absolute Gasteiger partial charge is 0.483 e. The summed E-state index contributed by atoms with van der Waals surface area (Å²) < 4.78 is 7.80. The van der Waals surface area contributed by atoms with Crippen LogP contribution in [-0.2, 0) is 11.8 Å². The van der Waals surface area contributed by atoms with Crippen LogP contribution in [0.2, 0.25) is 0 Å². The van der Waals surface area contributed by atoms with Gasteiger partial charge in [0.1, 0.15) is 6.10 Å². The molecule has 0 bridgehead atoms. The molecule has 3 heterocycles. The van der Waals surface area contributed by atoms with Crippen LogP contribution in [0.5, 0.6) is 0 Å². The summed E-state index contributed by atoms with van der Waals surface area (Å²) in [6.07, 6.45) is 5.65. The highest BCUT2D eigenvalue weighted by Gasteiger charge is 2.33. The molecule has 1 aromatic heterocycles. The smallest absolute Gasteiger partial charge is 0.423 e. The summed E-state index contributed by atoms with van der Waals surface area (Å²) in [5.74, 6) is 0.467. The van der Waals surface area contributed by atoms with Crippen molar-refractivity contribution in [2.24, 2.45) is 13.0 Å². The third kappa shape index (κ3) is 3.21. The number of hydrogen-bond donors (Lipinski definition) is 2. The number of aryl methyl sites for hydroxylation is 1. The predicted octanol–water partition coefficient (Wildman–Crippen LogP) is 0.142. The summed E-state index contributed by atoms with van der Waals surface area (Å²) in [4.78, 5) is 2.36. The maximum absolute atomic E-state index is 9.18. The van der Waals surface area contributed by atoms with Crippen LogP contribution in [0.25, 0.3) is 0 Å². The normalized spacial score (nSPS) is 26.9. The van der Waals surface area contributed by atoms with Crippen molar-refractivity contribution in [2.75, 3.05) is 26.2 Å². The molecule has 3 rings (SSSR count). The summed E-state index contributed by atoms with van der Waals surface area (Å²) in [5.41, 5.74) is 1.87. The van der Waals surface area contributed by atoms with E-state index in [4.69, 9.17) is 4.74 Å². The molecule has 6 nitrogen and oxygen atoms in total. The second-order valence-electron chi connectivity index (χ2n) is 5.88. The Morgan fingerprint density at radius 3 is 2.95 bits per heavy atom. The number of hydrogen-bond acceptors (Lipinski definition) is 5. The lowest BCUT2D eigenvalue weighted by Gasteiger charge is -2.30. The van der Waals surface area contributed by atoms with Gasteiger partial charge < -0.3 is 14.8 Å². The molecule has 21 heavy (non-hydrogen) atoms. The lowest BCUT2D eigenvalue weighted by Crippen LogP contribution is -2.36. The van der Waals surface area contributed by atoms with Crippen LogP contribution >= 0.6 is 0 Å². The molecule has 2 aliphatic rings. The van der Waals surface area contributed by atoms with Gasteiger partial charge in [-0.05, 0) is 24.4 Å². The van der Waals surface area contributed by atoms with Crippen molar-refractivity contribution in [2.45, 2.75) is 18.9 Å². The molecule has 0 aromatic carbocycles. The van der Waals surface area contributed by atoms with E-state index < -0.39 is 7.12 Å². The summed E-state index contributed by atoms with van der Waals surface area (Å²) in [7, 11) is 0.649. The van der Waals surface area contributed by atoms with Gasteiger partial charge in [-0.2, -0.15) is 5.10 Å². The lowest BCUT2D eigenvalue weighted by atomic mass is 9.76. The van der Waals surface area contributed by atoms with Crippen molar-refractivity contribution in [3.05, 3.63) is 29.5 Å². The Morgan fingerprint density at radius 2 is 2.33 bits per heavy atom. The fourth-order valence-electron chi connectivity index (χ4n) is 3.27. The summed E-state index contributed by atoms with van der Waals surface area (Å²) in [5, 5.41) is 22.6. The van der Waals surface area contributed by atoms with Gasteiger partial charge in [-0.15, -0.1) is 0 Å². The highest BCUT2D eigenvalue weighted by Crippen LogP contribution is 2.35. The zero-order valence-corrected chi connectivity index (χ0v) is 12.4. The molecule has 0 radical (unpaired) electrons. The first-order chi connectivity index (χ1) is 10.1. The molecule has 2 N–H and O–H groups in total. The van der Waals surface area contributed by atoms with Crippen molar-refractivity contribution in [3.8, 4) is 0 Å². The van der Waals surface area contributed by atoms with Gasteiger partial charge in [0.05, 0.1) is 5.69 Å². The number of aromatic nitrogens is 2. The molecular formula is C14H22BN3O3. The Hall–Kier alpha value is -1.15. The summed E-state index contributed by atoms with van der Waals surface area (Å²) in [6.45, 7) is 3.42. The first kappa shape index (κ1) is 14.8. The fraction of sp³-hybridized carbons (Fsp3) is 0.643. The van der Waals surface area contributed by atoms with Gasteiger partial charge in [-0.1, -0.05) is 6.08 Å². The second kappa shape index (κ2) is 6.31. The average Bonchev–Trinajstić information content (AvgIpc) is 3.08. The Balaban J connectivity index is 1.62. The molecule has 1 saturated heterocycles. The van der Waals surface area contributed by atoms with Crippen molar-refractivity contribution >= 4 is 7.12 Å². The van der Waals surface area contributed by atoms with Crippen molar-refractivity contribution in [3.63, 3.8) is 0 Å². The van der Waals surface area contributed by atoms with Crippen LogP contribution in [0.4, 0.5) is 0 Å². The second-order valence-corrected chi connectivity index (χ2v) is 5.88. The molecule has 0 spiro atoms. The Morgan fingerprint density at radius 1 is 1.48 bits per heavy atom. The van der Waals surface area contributed by atoms with Crippen LogP contribution in [0.3, 0.4) is 0 Å². The zero-order valence-electron chi connectivity index (χ0n) is 12.4. The van der Waals surface area contributed by atoms with Gasteiger partial charge in [0.25, 0.3) is 0 Å².